The quantitative estimate of drug-likeness (QED) is 0.0261. The monoisotopic (exact) mass is 1090 g/mol. The van der Waals surface area contributed by atoms with Gasteiger partial charge in [-0.15, -0.1) is 0 Å². The Kier molecular flexibility index (Phi) is 55.0. The SMILES string of the molecule is CCCCCCCCCCCCCCCCCCCCCCCC/C=C/CC/C=C/CC/C=C/C(O)C(COC1OC(CO)C(O)C(O)C1O)NC(=O)CCCCCCCCCCCCCCCCCCCCCCCC. The molecule has 1 aliphatic rings. The minimum absolute atomic E-state index is 0.184. The predicted molar refractivity (Wildman–Crippen MR) is 327 cm³/mol. The van der Waals surface area contributed by atoms with Crippen LogP contribution in [0.5, 0.6) is 0 Å². The maximum atomic E-state index is 13.1. The topological polar surface area (TPSA) is 149 Å². The van der Waals surface area contributed by atoms with Crippen LogP contribution >= 0.6 is 0 Å². The van der Waals surface area contributed by atoms with E-state index in [-0.39, 0.29) is 12.5 Å². The summed E-state index contributed by atoms with van der Waals surface area (Å²) in [7, 11) is 0. The van der Waals surface area contributed by atoms with Gasteiger partial charge in [0.15, 0.2) is 6.29 Å². The lowest BCUT2D eigenvalue weighted by molar-refractivity contribution is -0.302. The number of carbonyl (C=O) groups is 1. The van der Waals surface area contributed by atoms with Crippen molar-refractivity contribution in [2.24, 2.45) is 0 Å². The van der Waals surface area contributed by atoms with Gasteiger partial charge in [0, 0.05) is 6.42 Å². The fraction of sp³-hybridized carbons (Fsp3) is 0.897. The maximum Gasteiger partial charge on any atom is 0.220 e. The summed E-state index contributed by atoms with van der Waals surface area (Å²) in [5.41, 5.74) is 0. The molecule has 1 fully saturated rings. The van der Waals surface area contributed by atoms with Crippen LogP contribution in [-0.4, -0.2) is 87.5 Å². The molecule has 1 heterocycles. The summed E-state index contributed by atoms with van der Waals surface area (Å²) in [6.07, 6.45) is 69.7. The second kappa shape index (κ2) is 57.6. The summed E-state index contributed by atoms with van der Waals surface area (Å²) < 4.78 is 11.3. The molecule has 7 unspecified atom stereocenters. The van der Waals surface area contributed by atoms with Crippen LogP contribution in [0.2, 0.25) is 0 Å². The first-order valence-electron chi connectivity index (χ1n) is 33.7. The van der Waals surface area contributed by atoms with Gasteiger partial charge in [0.2, 0.25) is 5.91 Å². The van der Waals surface area contributed by atoms with Gasteiger partial charge in [-0.2, -0.15) is 0 Å². The first-order chi connectivity index (χ1) is 37.8. The van der Waals surface area contributed by atoms with Crippen molar-refractivity contribution in [1.29, 1.82) is 0 Å². The van der Waals surface area contributed by atoms with E-state index in [0.29, 0.717) is 6.42 Å². The Hall–Kier alpha value is -1.59. The van der Waals surface area contributed by atoms with Crippen LogP contribution in [0.15, 0.2) is 36.5 Å². The third-order valence-corrected chi connectivity index (χ3v) is 16.2. The summed E-state index contributed by atoms with van der Waals surface area (Å²) in [6, 6.07) is -0.827. The number of aliphatic hydroxyl groups is 5. The lowest BCUT2D eigenvalue weighted by Crippen LogP contribution is -2.60. The predicted octanol–water partition coefficient (Wildman–Crippen LogP) is 17.9. The van der Waals surface area contributed by atoms with E-state index in [1.165, 1.54) is 270 Å². The third-order valence-electron chi connectivity index (χ3n) is 16.2. The number of ether oxygens (including phenoxy) is 2. The Morgan fingerprint density at radius 3 is 1.09 bits per heavy atom. The van der Waals surface area contributed by atoms with Gasteiger partial charge in [0.05, 0.1) is 25.4 Å². The summed E-state index contributed by atoms with van der Waals surface area (Å²) >= 11 is 0. The van der Waals surface area contributed by atoms with Crippen LogP contribution < -0.4 is 5.32 Å². The Morgan fingerprint density at radius 1 is 0.429 bits per heavy atom. The third kappa shape index (κ3) is 46.7. The maximum absolute atomic E-state index is 13.1. The summed E-state index contributed by atoms with van der Waals surface area (Å²) in [4.78, 5) is 13.1. The largest absolute Gasteiger partial charge is 0.394 e. The standard InChI is InChI=1S/C68H129NO8/c1-3-5-7-9-11-13-15-17-19-21-23-25-27-28-29-30-31-32-33-34-35-36-37-39-41-43-45-47-49-51-53-55-57-62(71)61(60-76-68-67(75)66(74)65(73)63(59-70)77-68)69-64(72)58-56-54-52-50-48-46-44-42-40-38-26-24-22-20-18-16-14-12-10-8-6-4-2/h39,41,47,49,55,57,61-63,65-68,70-71,73-75H,3-38,40,42-46,48,50-54,56,58-60H2,1-2H3,(H,69,72)/b41-39+,49-47+,57-55+. The number of allylic oxidation sites excluding steroid dienone is 5. The lowest BCUT2D eigenvalue weighted by atomic mass is 9.99. The summed E-state index contributed by atoms with van der Waals surface area (Å²) in [5, 5.41) is 54.7. The molecule has 1 amide bonds. The van der Waals surface area contributed by atoms with Crippen molar-refractivity contribution >= 4 is 5.91 Å². The van der Waals surface area contributed by atoms with Crippen LogP contribution in [0.1, 0.15) is 335 Å². The van der Waals surface area contributed by atoms with Crippen molar-refractivity contribution in [1.82, 2.24) is 5.32 Å². The van der Waals surface area contributed by atoms with Gasteiger partial charge in [-0.05, 0) is 44.9 Å². The van der Waals surface area contributed by atoms with E-state index in [1.54, 1.807) is 6.08 Å². The van der Waals surface area contributed by atoms with Crippen LogP contribution in [0, 0.1) is 0 Å². The molecule has 0 bridgehead atoms. The average molecular weight is 1090 g/mol. The summed E-state index contributed by atoms with van der Waals surface area (Å²) in [6.45, 7) is 3.81. The molecule has 1 aliphatic heterocycles. The minimum atomic E-state index is -1.57. The molecule has 0 spiro atoms. The Bertz CT molecular complexity index is 1310. The van der Waals surface area contributed by atoms with E-state index in [4.69, 9.17) is 9.47 Å². The molecule has 9 nitrogen and oxygen atoms in total. The number of hydrogen-bond acceptors (Lipinski definition) is 8. The van der Waals surface area contributed by atoms with E-state index in [9.17, 15) is 30.3 Å². The number of nitrogens with one attached hydrogen (secondary N) is 1. The van der Waals surface area contributed by atoms with E-state index in [2.05, 4.69) is 43.5 Å². The zero-order valence-electron chi connectivity index (χ0n) is 50.7. The number of aliphatic hydroxyl groups excluding tert-OH is 5. The first kappa shape index (κ1) is 73.4. The molecule has 1 saturated heterocycles. The molecule has 6 N–H and O–H groups in total. The highest BCUT2D eigenvalue weighted by atomic mass is 16.7. The van der Waals surface area contributed by atoms with E-state index in [1.807, 2.05) is 6.08 Å². The van der Waals surface area contributed by atoms with Crippen LogP contribution in [-0.2, 0) is 14.3 Å². The minimum Gasteiger partial charge on any atom is -0.394 e. The number of amides is 1. The van der Waals surface area contributed by atoms with E-state index in [0.717, 1.165) is 44.9 Å². The highest BCUT2D eigenvalue weighted by Gasteiger charge is 2.44. The number of carbonyl (C=O) groups excluding carboxylic acids is 1. The molecular weight excluding hydrogens is 959 g/mol. The molecule has 7 atom stereocenters. The molecule has 0 aromatic rings. The highest BCUT2D eigenvalue weighted by Crippen LogP contribution is 2.23. The molecule has 9 heteroatoms. The highest BCUT2D eigenvalue weighted by molar-refractivity contribution is 5.76. The average Bonchev–Trinajstić information content (AvgIpc) is 3.43. The molecule has 1 rings (SSSR count). The van der Waals surface area contributed by atoms with Crippen LogP contribution in [0.3, 0.4) is 0 Å². The smallest absolute Gasteiger partial charge is 0.220 e. The number of rotatable bonds is 59. The van der Waals surface area contributed by atoms with Gasteiger partial charge in [-0.25, -0.2) is 0 Å². The first-order valence-corrected chi connectivity index (χ1v) is 33.7. The van der Waals surface area contributed by atoms with Crippen molar-refractivity contribution in [3.63, 3.8) is 0 Å². The second-order valence-electron chi connectivity index (χ2n) is 23.6. The number of hydrogen-bond donors (Lipinski definition) is 6. The van der Waals surface area contributed by atoms with Crippen LogP contribution in [0.4, 0.5) is 0 Å². The molecule has 77 heavy (non-hydrogen) atoms. The molecule has 454 valence electrons. The molecular formula is C68H129NO8. The zero-order chi connectivity index (χ0) is 55.8. The van der Waals surface area contributed by atoms with Crippen molar-refractivity contribution in [2.75, 3.05) is 13.2 Å². The van der Waals surface area contributed by atoms with E-state index < -0.39 is 49.5 Å². The second-order valence-corrected chi connectivity index (χ2v) is 23.6. The molecule has 0 aromatic heterocycles. The zero-order valence-corrected chi connectivity index (χ0v) is 50.7. The fourth-order valence-electron chi connectivity index (χ4n) is 10.9. The normalized spacial score (nSPS) is 18.9. The molecule has 0 radical (unpaired) electrons. The molecule has 0 aliphatic carbocycles. The number of unbranched alkanes of at least 4 members (excludes halogenated alkanes) is 45. The Balaban J connectivity index is 2.17. The van der Waals surface area contributed by atoms with Gasteiger partial charge in [-0.3, -0.25) is 4.79 Å². The van der Waals surface area contributed by atoms with Gasteiger partial charge in [0.25, 0.3) is 0 Å². The molecule has 0 aromatic carbocycles. The Morgan fingerprint density at radius 2 is 0.740 bits per heavy atom. The van der Waals surface area contributed by atoms with Gasteiger partial charge >= 0.3 is 0 Å². The van der Waals surface area contributed by atoms with Crippen molar-refractivity contribution in [3.8, 4) is 0 Å². The van der Waals surface area contributed by atoms with Crippen LogP contribution in [0.25, 0.3) is 0 Å². The summed E-state index contributed by atoms with van der Waals surface area (Å²) in [5.74, 6) is -0.184. The molecule has 0 saturated carbocycles. The lowest BCUT2D eigenvalue weighted by Gasteiger charge is -2.40. The van der Waals surface area contributed by atoms with Gasteiger partial charge in [-0.1, -0.05) is 320 Å². The van der Waals surface area contributed by atoms with Gasteiger partial charge in [0.1, 0.15) is 24.4 Å². The van der Waals surface area contributed by atoms with E-state index >= 15 is 0 Å². The Labute approximate surface area is 476 Å². The van der Waals surface area contributed by atoms with Gasteiger partial charge < -0.3 is 40.3 Å². The fourth-order valence-corrected chi connectivity index (χ4v) is 10.9. The van der Waals surface area contributed by atoms with Crippen molar-refractivity contribution < 1.29 is 39.8 Å². The van der Waals surface area contributed by atoms with Crippen molar-refractivity contribution in [2.45, 2.75) is 378 Å². The van der Waals surface area contributed by atoms with Crippen molar-refractivity contribution in [3.05, 3.63) is 36.5 Å².